The second-order valence-electron chi connectivity index (χ2n) is 7.52. The highest BCUT2D eigenvalue weighted by Gasteiger charge is 2.21. The van der Waals surface area contributed by atoms with Crippen molar-refractivity contribution < 1.29 is 4.79 Å². The van der Waals surface area contributed by atoms with Crippen LogP contribution in [0.1, 0.15) is 39.3 Å². The first-order valence-electron chi connectivity index (χ1n) is 8.74. The summed E-state index contributed by atoms with van der Waals surface area (Å²) in [5, 5.41) is 3.62. The molecular formula is C19H31N3OS. The van der Waals surface area contributed by atoms with E-state index in [1.165, 1.54) is 10.5 Å². The van der Waals surface area contributed by atoms with Gasteiger partial charge in [-0.15, -0.1) is 11.8 Å². The second kappa shape index (κ2) is 8.37. The lowest BCUT2D eigenvalue weighted by molar-refractivity contribution is -0.134. The summed E-state index contributed by atoms with van der Waals surface area (Å²) in [6.45, 7) is 13.1. The zero-order chi connectivity index (χ0) is 17.7. The summed E-state index contributed by atoms with van der Waals surface area (Å²) < 4.78 is 0.204. The van der Waals surface area contributed by atoms with E-state index in [2.05, 4.69) is 62.2 Å². The largest absolute Gasteiger partial charge is 0.343 e. The van der Waals surface area contributed by atoms with E-state index in [4.69, 9.17) is 0 Å². The topological polar surface area (TPSA) is 35.6 Å². The number of likely N-dealkylation sites (N-methyl/N-ethyl adjacent to an activating group) is 1. The Morgan fingerprint density at radius 3 is 2.62 bits per heavy atom. The first kappa shape index (κ1) is 19.3. The van der Waals surface area contributed by atoms with Crippen LogP contribution >= 0.6 is 11.8 Å². The van der Waals surface area contributed by atoms with Gasteiger partial charge in [0.05, 0.1) is 6.54 Å². The smallest absolute Gasteiger partial charge is 0.236 e. The molecule has 2 rings (SSSR count). The van der Waals surface area contributed by atoms with Gasteiger partial charge in [0.25, 0.3) is 0 Å². The van der Waals surface area contributed by atoms with Gasteiger partial charge in [-0.2, -0.15) is 0 Å². The van der Waals surface area contributed by atoms with Crippen molar-refractivity contribution in [3.8, 4) is 0 Å². The van der Waals surface area contributed by atoms with Crippen molar-refractivity contribution in [3.63, 3.8) is 0 Å². The van der Waals surface area contributed by atoms with Gasteiger partial charge in [-0.3, -0.25) is 9.69 Å². The van der Waals surface area contributed by atoms with Crippen molar-refractivity contribution >= 4 is 17.7 Å². The number of nitrogens with zero attached hydrogens (tertiary/aromatic N) is 2. The van der Waals surface area contributed by atoms with E-state index in [1.807, 2.05) is 23.7 Å². The molecule has 4 nitrogen and oxygen atoms in total. The Balaban J connectivity index is 1.87. The molecule has 0 saturated carbocycles. The number of benzene rings is 1. The number of piperazine rings is 1. The molecule has 0 aromatic heterocycles. The van der Waals surface area contributed by atoms with Gasteiger partial charge in [0.1, 0.15) is 0 Å². The fraction of sp³-hybridized carbons (Fsp3) is 0.632. The van der Waals surface area contributed by atoms with E-state index in [-0.39, 0.29) is 10.7 Å². The number of carbonyl (C=O) groups is 1. The molecule has 1 aliphatic rings. The predicted molar refractivity (Wildman–Crippen MR) is 103 cm³/mol. The number of nitrogens with one attached hydrogen (secondary N) is 1. The minimum Gasteiger partial charge on any atom is -0.343 e. The van der Waals surface area contributed by atoms with Crippen LogP contribution in [0.15, 0.2) is 29.2 Å². The van der Waals surface area contributed by atoms with E-state index >= 15 is 0 Å². The average Bonchev–Trinajstić information content (AvgIpc) is 2.49. The molecule has 1 amide bonds. The van der Waals surface area contributed by atoms with Gasteiger partial charge in [0.15, 0.2) is 0 Å². The lowest BCUT2D eigenvalue weighted by Crippen LogP contribution is -2.50. The Morgan fingerprint density at radius 2 is 1.96 bits per heavy atom. The third-order valence-corrected chi connectivity index (χ3v) is 5.42. The van der Waals surface area contributed by atoms with Crippen LogP contribution in [-0.4, -0.2) is 60.2 Å². The molecular weight excluding hydrogens is 318 g/mol. The van der Waals surface area contributed by atoms with Gasteiger partial charge in [0.2, 0.25) is 5.91 Å². The van der Waals surface area contributed by atoms with Crippen LogP contribution in [0.4, 0.5) is 0 Å². The fourth-order valence-electron chi connectivity index (χ4n) is 2.81. The summed E-state index contributed by atoms with van der Waals surface area (Å²) in [5.41, 5.74) is 1.35. The van der Waals surface area contributed by atoms with E-state index in [9.17, 15) is 4.79 Å². The van der Waals surface area contributed by atoms with E-state index in [1.54, 1.807) is 0 Å². The first-order valence-corrected chi connectivity index (χ1v) is 9.55. The van der Waals surface area contributed by atoms with Gasteiger partial charge in [-0.25, -0.2) is 0 Å². The Hall–Kier alpha value is -1.04. The number of carbonyl (C=O) groups excluding carboxylic acids is 1. The molecule has 1 aromatic carbocycles. The zero-order valence-corrected chi connectivity index (χ0v) is 16.4. The van der Waals surface area contributed by atoms with Crippen molar-refractivity contribution in [2.24, 2.45) is 0 Å². The molecule has 1 fully saturated rings. The third-order valence-electron chi connectivity index (χ3n) is 4.22. The van der Waals surface area contributed by atoms with Crippen LogP contribution in [0.5, 0.6) is 0 Å². The molecule has 1 heterocycles. The number of hydrogen-bond acceptors (Lipinski definition) is 4. The highest BCUT2D eigenvalue weighted by Crippen LogP contribution is 2.36. The lowest BCUT2D eigenvalue weighted by atomic mass is 10.1. The predicted octanol–water partition coefficient (Wildman–Crippen LogP) is 3.00. The van der Waals surface area contributed by atoms with E-state index < -0.39 is 0 Å². The summed E-state index contributed by atoms with van der Waals surface area (Å²) in [7, 11) is 1.88. The van der Waals surface area contributed by atoms with Crippen molar-refractivity contribution in [2.75, 3.05) is 39.8 Å². The van der Waals surface area contributed by atoms with Crippen LogP contribution in [-0.2, 0) is 4.79 Å². The summed E-state index contributed by atoms with van der Waals surface area (Å²) in [4.78, 5) is 17.2. The minimum absolute atomic E-state index is 0.204. The molecule has 1 N–H and O–H groups in total. The van der Waals surface area contributed by atoms with Crippen molar-refractivity contribution in [2.45, 2.75) is 43.4 Å². The molecule has 134 valence electrons. The van der Waals surface area contributed by atoms with Crippen LogP contribution in [0.2, 0.25) is 0 Å². The maximum Gasteiger partial charge on any atom is 0.236 e. The molecule has 1 atom stereocenters. The van der Waals surface area contributed by atoms with Crippen molar-refractivity contribution in [1.82, 2.24) is 15.1 Å². The molecule has 1 saturated heterocycles. The highest BCUT2D eigenvalue weighted by atomic mass is 32.2. The molecule has 0 unspecified atom stereocenters. The van der Waals surface area contributed by atoms with E-state index in [0.717, 1.165) is 26.2 Å². The van der Waals surface area contributed by atoms with Gasteiger partial charge in [-0.05, 0) is 18.6 Å². The Kier molecular flexibility index (Phi) is 6.72. The maximum absolute atomic E-state index is 11.8. The average molecular weight is 350 g/mol. The van der Waals surface area contributed by atoms with Gasteiger partial charge in [-0.1, -0.05) is 39.0 Å². The van der Waals surface area contributed by atoms with Crippen LogP contribution in [0.25, 0.3) is 0 Å². The molecule has 1 aliphatic heterocycles. The quantitative estimate of drug-likeness (QED) is 0.801. The number of hydrogen-bond donors (Lipinski definition) is 1. The van der Waals surface area contributed by atoms with Gasteiger partial charge >= 0.3 is 0 Å². The number of amides is 1. The molecule has 0 bridgehead atoms. The normalized spacial score (nSPS) is 18.0. The summed E-state index contributed by atoms with van der Waals surface area (Å²) in [5.74, 6) is 0.223. The van der Waals surface area contributed by atoms with Gasteiger partial charge in [0, 0.05) is 48.9 Å². The Labute approximate surface area is 151 Å². The van der Waals surface area contributed by atoms with Crippen LogP contribution in [0, 0.1) is 0 Å². The van der Waals surface area contributed by atoms with Crippen molar-refractivity contribution in [3.05, 3.63) is 29.8 Å². The molecule has 0 spiro atoms. The van der Waals surface area contributed by atoms with Crippen LogP contribution in [0.3, 0.4) is 0 Å². The molecule has 5 heteroatoms. The third kappa shape index (κ3) is 5.80. The molecule has 1 aromatic rings. The summed E-state index contributed by atoms with van der Waals surface area (Å²) in [6.07, 6.45) is 0. The molecule has 0 radical (unpaired) electrons. The fourth-order valence-corrected chi connectivity index (χ4v) is 3.98. The molecule has 24 heavy (non-hydrogen) atoms. The Morgan fingerprint density at radius 1 is 1.25 bits per heavy atom. The zero-order valence-electron chi connectivity index (χ0n) is 15.6. The van der Waals surface area contributed by atoms with Gasteiger partial charge < -0.3 is 10.2 Å². The number of thioether (sulfide) groups is 1. The summed E-state index contributed by atoms with van der Waals surface area (Å²) in [6, 6.07) is 8.95. The maximum atomic E-state index is 11.8. The standard InChI is InChI=1S/C19H31N3OS/c1-15(16-8-6-7-9-17(16)24-19(2,3)4)20-10-11-22-13-12-21(5)18(23)14-22/h6-9,15,20H,10-14H2,1-5H3/t15-/m1/s1. The number of rotatable bonds is 6. The Bertz CT molecular complexity index is 556. The van der Waals surface area contributed by atoms with Crippen LogP contribution < -0.4 is 5.32 Å². The summed E-state index contributed by atoms with van der Waals surface area (Å²) >= 11 is 1.92. The monoisotopic (exact) mass is 349 g/mol. The minimum atomic E-state index is 0.204. The highest BCUT2D eigenvalue weighted by molar-refractivity contribution is 8.00. The SMILES string of the molecule is C[C@@H](NCCN1CCN(C)C(=O)C1)c1ccccc1SC(C)(C)C. The first-order chi connectivity index (χ1) is 11.3. The second-order valence-corrected chi connectivity index (χ2v) is 9.39. The van der Waals surface area contributed by atoms with Crippen molar-refractivity contribution in [1.29, 1.82) is 0 Å². The van der Waals surface area contributed by atoms with E-state index in [0.29, 0.717) is 12.6 Å². The molecule has 0 aliphatic carbocycles. The lowest BCUT2D eigenvalue weighted by Gasteiger charge is -2.32.